The van der Waals surface area contributed by atoms with Crippen molar-refractivity contribution in [3.05, 3.63) is 35.9 Å². The third-order valence-electron chi connectivity index (χ3n) is 4.12. The summed E-state index contributed by atoms with van der Waals surface area (Å²) in [5.74, 6) is 0.714. The molecule has 1 aliphatic heterocycles. The van der Waals surface area contributed by atoms with Gasteiger partial charge < -0.3 is 10.1 Å². The van der Waals surface area contributed by atoms with E-state index in [1.54, 1.807) is 0 Å². The van der Waals surface area contributed by atoms with Gasteiger partial charge in [-0.05, 0) is 43.7 Å². The first-order valence-electron chi connectivity index (χ1n) is 6.83. The summed E-state index contributed by atoms with van der Waals surface area (Å²) in [6.45, 7) is 2.05. The van der Waals surface area contributed by atoms with Crippen molar-refractivity contribution in [2.75, 3.05) is 13.2 Å². The lowest BCUT2D eigenvalue weighted by atomic mass is 9.80. The standard InChI is InChI=1S/C15H21NO/c1-2-5-12(6-3-1)13-7-8-15-14(11-13)16-9-4-10-17-15/h1-3,5-6,13-16H,4,7-11H2. The predicted octanol–water partition coefficient (Wildman–Crippen LogP) is 2.70. The van der Waals surface area contributed by atoms with Crippen LogP contribution < -0.4 is 5.32 Å². The van der Waals surface area contributed by atoms with E-state index in [-0.39, 0.29) is 0 Å². The Labute approximate surface area is 103 Å². The van der Waals surface area contributed by atoms with Gasteiger partial charge in [0.05, 0.1) is 6.10 Å². The van der Waals surface area contributed by atoms with Crippen LogP contribution in [0.5, 0.6) is 0 Å². The molecular weight excluding hydrogens is 210 g/mol. The maximum atomic E-state index is 5.93. The molecule has 2 nitrogen and oxygen atoms in total. The van der Waals surface area contributed by atoms with Crippen LogP contribution in [0.4, 0.5) is 0 Å². The van der Waals surface area contributed by atoms with Gasteiger partial charge in [-0.15, -0.1) is 0 Å². The van der Waals surface area contributed by atoms with Crippen LogP contribution in [0.3, 0.4) is 0 Å². The summed E-state index contributed by atoms with van der Waals surface area (Å²) >= 11 is 0. The van der Waals surface area contributed by atoms with Gasteiger partial charge in [0.2, 0.25) is 0 Å². The van der Waals surface area contributed by atoms with Crippen LogP contribution in [-0.2, 0) is 4.74 Å². The van der Waals surface area contributed by atoms with Gasteiger partial charge in [0.25, 0.3) is 0 Å². The van der Waals surface area contributed by atoms with Crippen LogP contribution in [0, 0.1) is 0 Å². The summed E-state index contributed by atoms with van der Waals surface area (Å²) in [6, 6.07) is 11.5. The molecule has 0 aromatic heterocycles. The maximum Gasteiger partial charge on any atom is 0.0728 e. The first kappa shape index (κ1) is 11.2. The molecule has 1 aromatic carbocycles. The molecule has 17 heavy (non-hydrogen) atoms. The van der Waals surface area contributed by atoms with Gasteiger partial charge in [0.15, 0.2) is 0 Å². The third kappa shape index (κ3) is 2.53. The van der Waals surface area contributed by atoms with E-state index in [4.69, 9.17) is 4.74 Å². The summed E-state index contributed by atoms with van der Waals surface area (Å²) in [4.78, 5) is 0. The molecule has 0 spiro atoms. The minimum Gasteiger partial charge on any atom is -0.377 e. The van der Waals surface area contributed by atoms with Crippen molar-refractivity contribution in [2.24, 2.45) is 0 Å². The zero-order valence-corrected chi connectivity index (χ0v) is 10.3. The number of nitrogens with one attached hydrogen (secondary N) is 1. The molecule has 3 atom stereocenters. The topological polar surface area (TPSA) is 21.3 Å². The average Bonchev–Trinajstić information content (AvgIpc) is 2.64. The number of hydrogen-bond acceptors (Lipinski definition) is 2. The molecule has 1 saturated heterocycles. The normalized spacial score (nSPS) is 33.8. The maximum absolute atomic E-state index is 5.93. The van der Waals surface area contributed by atoms with Crippen LogP contribution >= 0.6 is 0 Å². The number of benzene rings is 1. The van der Waals surface area contributed by atoms with Crippen LogP contribution in [0.1, 0.15) is 37.2 Å². The fourth-order valence-electron chi connectivity index (χ4n) is 3.18. The van der Waals surface area contributed by atoms with Gasteiger partial charge in [-0.25, -0.2) is 0 Å². The monoisotopic (exact) mass is 231 g/mol. The second kappa shape index (κ2) is 5.19. The smallest absolute Gasteiger partial charge is 0.0728 e. The lowest BCUT2D eigenvalue weighted by Gasteiger charge is -2.35. The highest BCUT2D eigenvalue weighted by atomic mass is 16.5. The molecule has 92 valence electrons. The van der Waals surface area contributed by atoms with E-state index in [1.165, 1.54) is 24.8 Å². The summed E-state index contributed by atoms with van der Waals surface area (Å²) in [5, 5.41) is 3.66. The second-order valence-electron chi connectivity index (χ2n) is 5.24. The Morgan fingerprint density at radius 3 is 2.88 bits per heavy atom. The molecule has 2 fully saturated rings. The Hall–Kier alpha value is -0.860. The first-order valence-corrected chi connectivity index (χ1v) is 6.83. The van der Waals surface area contributed by atoms with E-state index in [0.717, 1.165) is 19.6 Å². The zero-order valence-electron chi connectivity index (χ0n) is 10.3. The predicted molar refractivity (Wildman–Crippen MR) is 69.2 cm³/mol. The van der Waals surface area contributed by atoms with E-state index in [0.29, 0.717) is 18.1 Å². The van der Waals surface area contributed by atoms with E-state index < -0.39 is 0 Å². The minimum absolute atomic E-state index is 0.456. The fourth-order valence-corrected chi connectivity index (χ4v) is 3.18. The molecule has 1 heterocycles. The molecule has 1 aliphatic carbocycles. The molecule has 2 heteroatoms. The quantitative estimate of drug-likeness (QED) is 0.802. The SMILES string of the molecule is c1ccc(C2CCC3OCCCNC3C2)cc1. The van der Waals surface area contributed by atoms with Crippen LogP contribution in [0.15, 0.2) is 30.3 Å². The summed E-state index contributed by atoms with van der Waals surface area (Å²) in [7, 11) is 0. The first-order chi connectivity index (χ1) is 8.43. The van der Waals surface area contributed by atoms with E-state index in [9.17, 15) is 0 Å². The Kier molecular flexibility index (Phi) is 3.44. The third-order valence-corrected chi connectivity index (χ3v) is 4.12. The van der Waals surface area contributed by atoms with Crippen LogP contribution in [-0.4, -0.2) is 25.3 Å². The van der Waals surface area contributed by atoms with Gasteiger partial charge in [0.1, 0.15) is 0 Å². The second-order valence-corrected chi connectivity index (χ2v) is 5.24. The van der Waals surface area contributed by atoms with Crippen molar-refractivity contribution >= 4 is 0 Å². The number of rotatable bonds is 1. The molecular formula is C15H21NO. The Morgan fingerprint density at radius 1 is 1.12 bits per heavy atom. The van der Waals surface area contributed by atoms with Gasteiger partial charge in [0, 0.05) is 12.6 Å². The van der Waals surface area contributed by atoms with Crippen LogP contribution in [0.25, 0.3) is 0 Å². The van der Waals surface area contributed by atoms with Crippen molar-refractivity contribution in [3.63, 3.8) is 0 Å². The largest absolute Gasteiger partial charge is 0.377 e. The van der Waals surface area contributed by atoms with E-state index in [1.807, 2.05) is 0 Å². The molecule has 1 aromatic rings. The fraction of sp³-hybridized carbons (Fsp3) is 0.600. The van der Waals surface area contributed by atoms with E-state index >= 15 is 0 Å². The molecule has 3 rings (SSSR count). The molecule has 3 unspecified atom stereocenters. The summed E-state index contributed by atoms with van der Waals surface area (Å²) in [6.07, 6.45) is 5.32. The van der Waals surface area contributed by atoms with Gasteiger partial charge in [-0.3, -0.25) is 0 Å². The van der Waals surface area contributed by atoms with Crippen molar-refractivity contribution in [1.29, 1.82) is 0 Å². The number of ether oxygens (including phenoxy) is 1. The Morgan fingerprint density at radius 2 is 2.00 bits per heavy atom. The van der Waals surface area contributed by atoms with Gasteiger partial charge in [-0.1, -0.05) is 30.3 Å². The number of hydrogen-bond donors (Lipinski definition) is 1. The molecule has 2 aliphatic rings. The molecule has 0 bridgehead atoms. The molecule has 0 radical (unpaired) electrons. The molecule has 0 amide bonds. The lowest BCUT2D eigenvalue weighted by molar-refractivity contribution is 0.0172. The average molecular weight is 231 g/mol. The molecule has 1 saturated carbocycles. The summed E-state index contributed by atoms with van der Waals surface area (Å²) < 4.78 is 5.93. The van der Waals surface area contributed by atoms with Crippen molar-refractivity contribution < 1.29 is 4.74 Å². The molecule has 1 N–H and O–H groups in total. The summed E-state index contributed by atoms with van der Waals surface area (Å²) in [5.41, 5.74) is 1.50. The zero-order chi connectivity index (χ0) is 11.5. The highest BCUT2D eigenvalue weighted by molar-refractivity contribution is 5.20. The Bertz CT molecular complexity index is 351. The highest BCUT2D eigenvalue weighted by Crippen LogP contribution is 2.34. The van der Waals surface area contributed by atoms with Gasteiger partial charge >= 0.3 is 0 Å². The van der Waals surface area contributed by atoms with Crippen molar-refractivity contribution in [2.45, 2.75) is 43.7 Å². The Balaban J connectivity index is 1.70. The van der Waals surface area contributed by atoms with Crippen LogP contribution in [0.2, 0.25) is 0 Å². The van der Waals surface area contributed by atoms with E-state index in [2.05, 4.69) is 35.6 Å². The minimum atomic E-state index is 0.456. The van der Waals surface area contributed by atoms with Gasteiger partial charge in [-0.2, -0.15) is 0 Å². The number of fused-ring (bicyclic) bond motifs is 1. The lowest BCUT2D eigenvalue weighted by Crippen LogP contribution is -2.43. The van der Waals surface area contributed by atoms with Crippen molar-refractivity contribution in [3.8, 4) is 0 Å². The van der Waals surface area contributed by atoms with Crippen molar-refractivity contribution in [1.82, 2.24) is 5.32 Å². The highest BCUT2D eigenvalue weighted by Gasteiger charge is 2.32.